The zero-order valence-electron chi connectivity index (χ0n) is 24.2. The number of nitrogen functional groups attached to an aromatic ring is 1. The summed E-state index contributed by atoms with van der Waals surface area (Å²) in [4.78, 5) is 16.7. The van der Waals surface area contributed by atoms with Gasteiger partial charge in [-0.2, -0.15) is 15.4 Å². The van der Waals surface area contributed by atoms with Gasteiger partial charge in [0.1, 0.15) is 48.0 Å². The summed E-state index contributed by atoms with van der Waals surface area (Å²) in [5.41, 5.74) is 2.15. The van der Waals surface area contributed by atoms with E-state index in [4.69, 9.17) is 24.3 Å². The molecule has 3 aromatic rings. The number of aromatic nitrogens is 3. The van der Waals surface area contributed by atoms with E-state index in [1.54, 1.807) is 24.3 Å². The second-order valence-electron chi connectivity index (χ2n) is 11.6. The number of anilines is 1. The van der Waals surface area contributed by atoms with Crippen molar-refractivity contribution in [1.29, 1.82) is 5.26 Å². The minimum atomic E-state index is -4.42. The lowest BCUT2D eigenvalue weighted by Crippen LogP contribution is -2.47. The molecule has 5 N–H and O–H groups in total. The Hall–Kier alpha value is -3.57. The van der Waals surface area contributed by atoms with Crippen LogP contribution in [0.2, 0.25) is 0 Å². The number of fused-ring (bicyclic) bond motifs is 2. The van der Waals surface area contributed by atoms with Crippen LogP contribution in [0.5, 0.6) is 5.75 Å². The first-order valence-electron chi connectivity index (χ1n) is 13.9. The van der Waals surface area contributed by atoms with Crippen molar-refractivity contribution in [2.45, 2.75) is 76.1 Å². The van der Waals surface area contributed by atoms with Crippen molar-refractivity contribution in [3.8, 4) is 11.8 Å². The highest BCUT2D eigenvalue weighted by molar-refractivity contribution is 7.52. The number of benzene rings is 1. The highest BCUT2D eigenvalue weighted by Gasteiger charge is 2.83. The van der Waals surface area contributed by atoms with Crippen molar-refractivity contribution in [2.75, 3.05) is 12.3 Å². The molecule has 1 aliphatic heterocycles. The van der Waals surface area contributed by atoms with E-state index in [9.17, 15) is 24.8 Å². The first-order chi connectivity index (χ1) is 20.3. The number of carbonyl (C=O) groups excluding carboxylic acids is 1. The summed E-state index contributed by atoms with van der Waals surface area (Å²) < 4.78 is 38.1. The molecule has 2 fully saturated rings. The van der Waals surface area contributed by atoms with E-state index in [0.717, 1.165) is 6.42 Å². The molecule has 15 heteroatoms. The molecule has 1 saturated carbocycles. The van der Waals surface area contributed by atoms with Crippen LogP contribution in [0.25, 0.3) is 5.52 Å². The number of nitriles is 1. The van der Waals surface area contributed by atoms with Gasteiger partial charge in [0.05, 0.1) is 12.3 Å². The fraction of sp³-hybridized carbons (Fsp3) is 0.500. The summed E-state index contributed by atoms with van der Waals surface area (Å²) in [6, 6.07) is 12.0. The molecule has 230 valence electrons. The summed E-state index contributed by atoms with van der Waals surface area (Å²) in [6.07, 6.45) is -1.80. The number of aliphatic hydroxyl groups excluding tert-OH is 1. The van der Waals surface area contributed by atoms with E-state index in [2.05, 4.69) is 29.0 Å². The van der Waals surface area contributed by atoms with Crippen molar-refractivity contribution < 1.29 is 38.1 Å². The van der Waals surface area contributed by atoms with Crippen LogP contribution in [0.15, 0.2) is 48.8 Å². The first kappa shape index (κ1) is 30.9. The summed E-state index contributed by atoms with van der Waals surface area (Å²) >= 11 is 0. The number of hydrogen-bond donors (Lipinski definition) is 4. The van der Waals surface area contributed by atoms with Gasteiger partial charge < -0.3 is 29.9 Å². The normalized spacial score (nSPS) is 28.4. The second-order valence-corrected chi connectivity index (χ2v) is 13.2. The molecule has 14 nitrogen and oxygen atoms in total. The van der Waals surface area contributed by atoms with E-state index in [-0.39, 0.29) is 29.3 Å². The second kappa shape index (κ2) is 11.2. The highest BCUT2D eigenvalue weighted by Crippen LogP contribution is 2.63. The predicted molar refractivity (Wildman–Crippen MR) is 152 cm³/mol. The molecule has 0 amide bonds. The van der Waals surface area contributed by atoms with E-state index in [0.29, 0.717) is 11.9 Å². The molecular weight excluding hydrogens is 579 g/mol. The van der Waals surface area contributed by atoms with Crippen molar-refractivity contribution in [1.82, 2.24) is 19.7 Å². The Morgan fingerprint density at radius 3 is 2.67 bits per heavy atom. The number of nitrogens with two attached hydrogens (primary N) is 1. The number of para-hydroxylation sites is 1. The third-order valence-electron chi connectivity index (χ3n) is 8.15. The molecule has 2 aromatic heterocycles. The van der Waals surface area contributed by atoms with Crippen molar-refractivity contribution >= 4 is 25.1 Å². The largest absolute Gasteiger partial charge is 0.465 e. The van der Waals surface area contributed by atoms with E-state index in [1.165, 1.54) is 36.0 Å². The summed E-state index contributed by atoms with van der Waals surface area (Å²) in [6.45, 7) is 7.79. The molecule has 0 bridgehead atoms. The van der Waals surface area contributed by atoms with Crippen molar-refractivity contribution in [3.63, 3.8) is 0 Å². The van der Waals surface area contributed by atoms with Gasteiger partial charge >= 0.3 is 13.7 Å². The van der Waals surface area contributed by atoms with Gasteiger partial charge in [-0.05, 0) is 43.0 Å². The Labute approximate surface area is 248 Å². The SMILES string of the molecule is CCC(C)(C)CCOC(=O)[C@H](C)NP(=O)(Oc1ccccc1)OC1[C@H]2O[C@@](C#N)(c3ccc4c(N)ncnn34)[C@H](O)[C@@]12O. The van der Waals surface area contributed by atoms with Crippen LogP contribution in [-0.2, 0) is 29.0 Å². The molecule has 2 aliphatic rings. The Bertz CT molecular complexity index is 1590. The number of carbonyl (C=O) groups is 1. The average Bonchev–Trinajstić information content (AvgIpc) is 3.24. The number of nitrogens with one attached hydrogen (secondary N) is 1. The number of hydrogen-bond acceptors (Lipinski definition) is 12. The summed E-state index contributed by atoms with van der Waals surface area (Å²) in [5, 5.41) is 39.6. The van der Waals surface area contributed by atoms with E-state index < -0.39 is 49.3 Å². The Morgan fingerprint density at radius 1 is 1.33 bits per heavy atom. The van der Waals surface area contributed by atoms with Gasteiger partial charge in [0.2, 0.25) is 5.60 Å². The van der Waals surface area contributed by atoms with Crippen molar-refractivity contribution in [2.24, 2.45) is 5.41 Å². The number of esters is 1. The standard InChI is InChI=1S/C28H35N6O8P/c1-5-26(3,4)13-14-39-24(35)17(2)33-43(38,41-18-9-7-6-8-10-18)42-22-21-28(22,37)25(36)27(15-29,40-21)20-12-11-19-23(30)31-16-32-34(19)20/h6-12,16-17,21-22,25,36-37H,5,13-14H2,1-4H3,(H,33,38)(H2,30,31,32)/t17-,21+,22?,25-,27-,28-,43?/m0/s1. The molecule has 0 spiro atoms. The Balaban J connectivity index is 1.35. The number of rotatable bonds is 12. The quantitative estimate of drug-likeness (QED) is 0.171. The molecule has 2 unspecified atom stereocenters. The number of nitrogens with zero attached hydrogens (tertiary/aromatic N) is 4. The van der Waals surface area contributed by atoms with E-state index >= 15 is 0 Å². The lowest BCUT2D eigenvalue weighted by Gasteiger charge is -2.30. The number of aliphatic hydroxyl groups is 2. The van der Waals surface area contributed by atoms with Crippen LogP contribution in [-0.4, -0.2) is 67.3 Å². The molecule has 3 heterocycles. The monoisotopic (exact) mass is 614 g/mol. The fourth-order valence-corrected chi connectivity index (χ4v) is 6.69. The molecule has 1 saturated heterocycles. The van der Waals surface area contributed by atoms with Crippen LogP contribution in [0.4, 0.5) is 5.82 Å². The number of ether oxygens (including phenoxy) is 2. The van der Waals surface area contributed by atoms with Crippen molar-refractivity contribution in [3.05, 3.63) is 54.5 Å². The lowest BCUT2D eigenvalue weighted by atomic mass is 9.87. The van der Waals surface area contributed by atoms with E-state index in [1.807, 2.05) is 13.0 Å². The molecule has 1 aromatic carbocycles. The minimum Gasteiger partial charge on any atom is -0.465 e. The topological polar surface area (TPSA) is 204 Å². The van der Waals surface area contributed by atoms with Gasteiger partial charge in [-0.1, -0.05) is 45.4 Å². The first-order valence-corrected chi connectivity index (χ1v) is 15.4. The van der Waals surface area contributed by atoms with Crippen LogP contribution >= 0.6 is 7.75 Å². The Kier molecular flexibility index (Phi) is 8.02. The third kappa shape index (κ3) is 5.48. The van der Waals surface area contributed by atoms with Gasteiger partial charge in [-0.25, -0.2) is 14.1 Å². The van der Waals surface area contributed by atoms with Crippen LogP contribution in [0.1, 0.15) is 46.2 Å². The van der Waals surface area contributed by atoms with Gasteiger partial charge in [-0.15, -0.1) is 0 Å². The Morgan fingerprint density at radius 2 is 2.05 bits per heavy atom. The molecule has 43 heavy (non-hydrogen) atoms. The van der Waals surface area contributed by atoms with Crippen LogP contribution in [0, 0.1) is 16.7 Å². The minimum absolute atomic E-state index is 0.0167. The predicted octanol–water partition coefficient (Wildman–Crippen LogP) is 2.45. The fourth-order valence-electron chi connectivity index (χ4n) is 4.98. The molecule has 5 rings (SSSR count). The third-order valence-corrected chi connectivity index (χ3v) is 9.81. The van der Waals surface area contributed by atoms with Gasteiger partial charge in [-0.3, -0.25) is 9.32 Å². The van der Waals surface area contributed by atoms with Gasteiger partial charge in [0.15, 0.2) is 11.4 Å². The highest BCUT2D eigenvalue weighted by atomic mass is 31.2. The van der Waals surface area contributed by atoms with Gasteiger partial charge in [0, 0.05) is 0 Å². The maximum absolute atomic E-state index is 14.1. The maximum Gasteiger partial charge on any atom is 0.459 e. The molecule has 7 atom stereocenters. The zero-order valence-corrected chi connectivity index (χ0v) is 25.1. The van der Waals surface area contributed by atoms with Gasteiger partial charge in [0.25, 0.3) is 0 Å². The summed E-state index contributed by atoms with van der Waals surface area (Å²) in [5.74, 6) is -0.381. The van der Waals surface area contributed by atoms with Crippen LogP contribution < -0.4 is 15.3 Å². The summed E-state index contributed by atoms with van der Waals surface area (Å²) in [7, 11) is -4.42. The smallest absolute Gasteiger partial charge is 0.459 e. The molecular formula is C28H35N6O8P. The maximum atomic E-state index is 14.1. The zero-order chi connectivity index (χ0) is 31.2. The molecule has 1 aliphatic carbocycles. The lowest BCUT2D eigenvalue weighted by molar-refractivity contribution is -0.146. The van der Waals surface area contributed by atoms with Crippen LogP contribution in [0.3, 0.4) is 0 Å². The average molecular weight is 615 g/mol. The molecule has 0 radical (unpaired) electrons.